The normalized spacial score (nSPS) is 23.0. The molecule has 2 atom stereocenters. The Labute approximate surface area is 128 Å². The molecule has 1 aromatic carbocycles. The molecule has 2 unspecified atom stereocenters. The van der Waals surface area contributed by atoms with Gasteiger partial charge in [-0.1, -0.05) is 6.07 Å². The Kier molecular flexibility index (Phi) is 5.88. The van der Waals surface area contributed by atoms with Crippen LogP contribution >= 0.6 is 0 Å². The zero-order valence-electron chi connectivity index (χ0n) is 13.7. The predicted molar refractivity (Wildman–Crippen MR) is 86.4 cm³/mol. The molecule has 0 amide bonds. The molecule has 118 valence electrons. The largest absolute Gasteiger partial charge is 0.493 e. The van der Waals surface area contributed by atoms with Crippen LogP contribution < -0.4 is 14.8 Å². The van der Waals surface area contributed by atoms with Crippen molar-refractivity contribution in [2.75, 3.05) is 34.4 Å². The number of hydrogen-bond donors (Lipinski definition) is 1. The van der Waals surface area contributed by atoms with Crippen LogP contribution in [0, 0.1) is 0 Å². The first-order chi connectivity index (χ1) is 10.2. The third-order valence-electron chi connectivity index (χ3n) is 4.56. The Morgan fingerprint density at radius 1 is 1.24 bits per heavy atom. The Morgan fingerprint density at radius 3 is 2.62 bits per heavy atom. The third kappa shape index (κ3) is 4.11. The van der Waals surface area contributed by atoms with Gasteiger partial charge in [0.25, 0.3) is 0 Å². The molecular weight excluding hydrogens is 264 g/mol. The number of ether oxygens (including phenoxy) is 2. The SMILES string of the molecule is CNC1CCN(CCc2ccc(OC)c(OC)c2)C(C)C1. The van der Waals surface area contributed by atoms with Crippen LogP contribution in [-0.2, 0) is 6.42 Å². The lowest BCUT2D eigenvalue weighted by Gasteiger charge is -2.37. The molecule has 1 saturated heterocycles. The van der Waals surface area contributed by atoms with Crippen molar-refractivity contribution >= 4 is 0 Å². The van der Waals surface area contributed by atoms with Gasteiger partial charge in [-0.25, -0.2) is 0 Å². The molecule has 1 heterocycles. The van der Waals surface area contributed by atoms with E-state index in [1.165, 1.54) is 24.9 Å². The molecule has 1 aromatic rings. The smallest absolute Gasteiger partial charge is 0.160 e. The summed E-state index contributed by atoms with van der Waals surface area (Å²) in [4.78, 5) is 2.59. The van der Waals surface area contributed by atoms with Gasteiger partial charge >= 0.3 is 0 Å². The molecule has 0 aliphatic carbocycles. The highest BCUT2D eigenvalue weighted by Crippen LogP contribution is 2.28. The van der Waals surface area contributed by atoms with Crippen LogP contribution in [0.15, 0.2) is 18.2 Å². The Morgan fingerprint density at radius 2 is 2.00 bits per heavy atom. The van der Waals surface area contributed by atoms with Crippen LogP contribution in [0.3, 0.4) is 0 Å². The predicted octanol–water partition coefficient (Wildman–Crippen LogP) is 2.32. The highest BCUT2D eigenvalue weighted by Gasteiger charge is 2.23. The molecule has 1 fully saturated rings. The van der Waals surface area contributed by atoms with Crippen molar-refractivity contribution in [3.63, 3.8) is 0 Å². The molecule has 0 spiro atoms. The summed E-state index contributed by atoms with van der Waals surface area (Å²) in [5.74, 6) is 1.61. The molecule has 0 radical (unpaired) electrons. The minimum absolute atomic E-state index is 0.649. The van der Waals surface area contributed by atoms with Crippen molar-refractivity contribution in [3.05, 3.63) is 23.8 Å². The molecule has 0 aromatic heterocycles. The second-order valence-corrected chi connectivity index (χ2v) is 5.83. The van der Waals surface area contributed by atoms with E-state index in [1.807, 2.05) is 6.07 Å². The summed E-state index contributed by atoms with van der Waals surface area (Å²) in [6.45, 7) is 4.62. The fourth-order valence-corrected chi connectivity index (χ4v) is 3.12. The number of hydrogen-bond acceptors (Lipinski definition) is 4. The maximum Gasteiger partial charge on any atom is 0.160 e. The van der Waals surface area contributed by atoms with Crippen molar-refractivity contribution in [1.82, 2.24) is 10.2 Å². The molecule has 4 nitrogen and oxygen atoms in total. The number of piperidine rings is 1. The zero-order valence-corrected chi connectivity index (χ0v) is 13.7. The van der Waals surface area contributed by atoms with Crippen LogP contribution in [0.1, 0.15) is 25.3 Å². The number of benzene rings is 1. The standard InChI is InChI=1S/C17H28N2O2/c1-13-11-15(18-2)8-10-19(13)9-7-14-5-6-16(20-3)17(12-14)21-4/h5-6,12-13,15,18H,7-11H2,1-4H3. The van der Waals surface area contributed by atoms with Gasteiger partial charge in [-0.05, 0) is 57.5 Å². The number of methoxy groups -OCH3 is 2. The van der Waals surface area contributed by atoms with Gasteiger partial charge in [0.1, 0.15) is 0 Å². The van der Waals surface area contributed by atoms with E-state index in [4.69, 9.17) is 9.47 Å². The summed E-state index contributed by atoms with van der Waals surface area (Å²) in [5.41, 5.74) is 1.30. The summed E-state index contributed by atoms with van der Waals surface area (Å²) in [6, 6.07) is 7.54. The highest BCUT2D eigenvalue weighted by molar-refractivity contribution is 5.42. The van der Waals surface area contributed by atoms with Crippen LogP contribution in [0.25, 0.3) is 0 Å². The van der Waals surface area contributed by atoms with Crippen LogP contribution in [0.4, 0.5) is 0 Å². The second kappa shape index (κ2) is 7.66. The van der Waals surface area contributed by atoms with Crippen molar-refractivity contribution in [3.8, 4) is 11.5 Å². The van der Waals surface area contributed by atoms with E-state index in [-0.39, 0.29) is 0 Å². The van der Waals surface area contributed by atoms with E-state index in [1.54, 1.807) is 14.2 Å². The quantitative estimate of drug-likeness (QED) is 0.872. The lowest BCUT2D eigenvalue weighted by Crippen LogP contribution is -2.47. The summed E-state index contributed by atoms with van der Waals surface area (Å²) in [5, 5.41) is 3.40. The van der Waals surface area contributed by atoms with Gasteiger partial charge < -0.3 is 19.7 Å². The van der Waals surface area contributed by atoms with Crippen molar-refractivity contribution in [2.45, 2.75) is 38.3 Å². The van der Waals surface area contributed by atoms with E-state index in [9.17, 15) is 0 Å². The average Bonchev–Trinajstić information content (AvgIpc) is 2.53. The molecule has 21 heavy (non-hydrogen) atoms. The highest BCUT2D eigenvalue weighted by atomic mass is 16.5. The molecule has 2 rings (SSSR count). The van der Waals surface area contributed by atoms with Gasteiger partial charge in [-0.15, -0.1) is 0 Å². The van der Waals surface area contributed by atoms with Crippen LogP contribution in [0.5, 0.6) is 11.5 Å². The monoisotopic (exact) mass is 292 g/mol. The minimum Gasteiger partial charge on any atom is -0.493 e. The van der Waals surface area contributed by atoms with Crippen molar-refractivity contribution < 1.29 is 9.47 Å². The molecule has 0 bridgehead atoms. The third-order valence-corrected chi connectivity index (χ3v) is 4.56. The first kappa shape index (κ1) is 16.1. The number of nitrogens with zero attached hydrogens (tertiary/aromatic N) is 1. The van der Waals surface area contributed by atoms with Crippen molar-refractivity contribution in [2.24, 2.45) is 0 Å². The van der Waals surface area contributed by atoms with Gasteiger partial charge in [0.2, 0.25) is 0 Å². The Hall–Kier alpha value is -1.26. The van der Waals surface area contributed by atoms with Gasteiger partial charge in [-0.3, -0.25) is 0 Å². The van der Waals surface area contributed by atoms with E-state index in [0.29, 0.717) is 12.1 Å². The maximum absolute atomic E-state index is 5.37. The molecule has 4 heteroatoms. The summed E-state index contributed by atoms with van der Waals surface area (Å²) >= 11 is 0. The Balaban J connectivity index is 1.91. The second-order valence-electron chi connectivity index (χ2n) is 5.83. The van der Waals surface area contributed by atoms with E-state index in [2.05, 4.69) is 36.3 Å². The van der Waals surface area contributed by atoms with E-state index in [0.717, 1.165) is 24.5 Å². The lowest BCUT2D eigenvalue weighted by molar-refractivity contribution is 0.140. The first-order valence-electron chi connectivity index (χ1n) is 7.80. The van der Waals surface area contributed by atoms with Gasteiger partial charge in [0.05, 0.1) is 14.2 Å². The van der Waals surface area contributed by atoms with E-state index < -0.39 is 0 Å². The fraction of sp³-hybridized carbons (Fsp3) is 0.647. The molecule has 1 aliphatic rings. The molecule has 1 N–H and O–H groups in total. The number of nitrogens with one attached hydrogen (secondary N) is 1. The molecule has 1 aliphatic heterocycles. The fourth-order valence-electron chi connectivity index (χ4n) is 3.12. The van der Waals surface area contributed by atoms with Gasteiger partial charge in [0, 0.05) is 18.6 Å². The summed E-state index contributed by atoms with van der Waals surface area (Å²) < 4.78 is 10.7. The number of rotatable bonds is 6. The Bertz CT molecular complexity index is 450. The van der Waals surface area contributed by atoms with Crippen molar-refractivity contribution in [1.29, 1.82) is 0 Å². The molecular formula is C17H28N2O2. The maximum atomic E-state index is 5.37. The van der Waals surface area contributed by atoms with Gasteiger partial charge in [0.15, 0.2) is 11.5 Å². The molecule has 0 saturated carbocycles. The minimum atomic E-state index is 0.649. The summed E-state index contributed by atoms with van der Waals surface area (Å²) in [7, 11) is 5.42. The average molecular weight is 292 g/mol. The van der Waals surface area contributed by atoms with E-state index >= 15 is 0 Å². The lowest BCUT2D eigenvalue weighted by atomic mass is 9.98. The number of likely N-dealkylation sites (tertiary alicyclic amines) is 1. The van der Waals surface area contributed by atoms with Crippen LogP contribution in [0.2, 0.25) is 0 Å². The summed E-state index contributed by atoms with van der Waals surface area (Å²) in [6.07, 6.45) is 3.53. The van der Waals surface area contributed by atoms with Gasteiger partial charge in [-0.2, -0.15) is 0 Å². The topological polar surface area (TPSA) is 33.7 Å². The first-order valence-corrected chi connectivity index (χ1v) is 7.80. The van der Waals surface area contributed by atoms with Crippen LogP contribution in [-0.4, -0.2) is 51.3 Å². The zero-order chi connectivity index (χ0) is 15.2.